The number of rotatable bonds is 7. The minimum Gasteiger partial charge on any atom is -0.497 e. The number of amides is 2. The summed E-state index contributed by atoms with van der Waals surface area (Å²) < 4.78 is 6.18. The predicted octanol–water partition coefficient (Wildman–Crippen LogP) is 3.17. The second-order valence-corrected chi connectivity index (χ2v) is 6.37. The minimum atomic E-state index is -0.313. The maximum Gasteiger partial charge on any atom is 0.240 e. The highest BCUT2D eigenvalue weighted by atomic mass is 127. The summed E-state index contributed by atoms with van der Waals surface area (Å²) in [4.78, 5) is 23.5. The number of hydrogen-bond acceptors (Lipinski definition) is 4. The summed E-state index contributed by atoms with van der Waals surface area (Å²) in [6.45, 7) is 0. The standard InChI is InChI=1S/C18H18IN3O3/c1-25-16-8-6-15(7-9-16)21-17(23)10-11-18(24)22-20-12-13-2-4-14(19)5-3-13/h2-9,12H,10-11H2,1H3,(H,21,23)(H,22,24). The van der Waals surface area contributed by atoms with Crippen molar-refractivity contribution in [1.29, 1.82) is 0 Å². The van der Waals surface area contributed by atoms with Gasteiger partial charge in [-0.15, -0.1) is 0 Å². The van der Waals surface area contributed by atoms with E-state index in [2.05, 4.69) is 38.4 Å². The number of carbonyl (C=O) groups is 2. The van der Waals surface area contributed by atoms with E-state index in [1.807, 2.05) is 24.3 Å². The second-order valence-electron chi connectivity index (χ2n) is 5.12. The van der Waals surface area contributed by atoms with Crippen LogP contribution >= 0.6 is 22.6 Å². The Morgan fingerprint density at radius 2 is 1.68 bits per heavy atom. The number of anilines is 1. The summed E-state index contributed by atoms with van der Waals surface area (Å²) in [6.07, 6.45) is 1.70. The lowest BCUT2D eigenvalue weighted by Crippen LogP contribution is -2.20. The summed E-state index contributed by atoms with van der Waals surface area (Å²) in [5, 5.41) is 6.60. The van der Waals surface area contributed by atoms with Crippen LogP contribution in [-0.4, -0.2) is 25.1 Å². The Bertz CT molecular complexity index is 743. The third-order valence-corrected chi connectivity index (χ3v) is 3.94. The molecule has 0 unspecified atom stereocenters. The average Bonchev–Trinajstić information content (AvgIpc) is 2.62. The molecule has 0 atom stereocenters. The van der Waals surface area contributed by atoms with Crippen LogP contribution in [0.3, 0.4) is 0 Å². The zero-order chi connectivity index (χ0) is 18.1. The molecule has 130 valence electrons. The fourth-order valence-electron chi connectivity index (χ4n) is 1.91. The SMILES string of the molecule is COc1ccc(NC(=O)CCC(=O)NN=Cc2ccc(I)cc2)cc1. The van der Waals surface area contributed by atoms with Crippen molar-refractivity contribution in [3.8, 4) is 5.75 Å². The second kappa shape index (κ2) is 9.77. The summed E-state index contributed by atoms with van der Waals surface area (Å²) in [5.74, 6) is 0.164. The Kier molecular flexibility index (Phi) is 7.39. The Balaban J connectivity index is 1.71. The van der Waals surface area contributed by atoms with Crippen LogP contribution in [0.2, 0.25) is 0 Å². The van der Waals surface area contributed by atoms with E-state index in [4.69, 9.17) is 4.74 Å². The lowest BCUT2D eigenvalue weighted by molar-refractivity contribution is -0.124. The number of ether oxygens (including phenoxy) is 1. The minimum absolute atomic E-state index is 0.0615. The van der Waals surface area contributed by atoms with Gasteiger partial charge in [0.15, 0.2) is 0 Å². The fourth-order valence-corrected chi connectivity index (χ4v) is 2.27. The van der Waals surface area contributed by atoms with Gasteiger partial charge in [-0.1, -0.05) is 12.1 Å². The van der Waals surface area contributed by atoms with E-state index in [0.29, 0.717) is 11.4 Å². The molecule has 0 saturated heterocycles. The molecule has 2 amide bonds. The Hall–Kier alpha value is -2.42. The number of benzene rings is 2. The molecule has 7 heteroatoms. The first-order valence-electron chi connectivity index (χ1n) is 7.58. The van der Waals surface area contributed by atoms with E-state index in [1.165, 1.54) is 0 Å². The molecule has 0 bridgehead atoms. The number of carbonyl (C=O) groups excluding carboxylic acids is 2. The van der Waals surface area contributed by atoms with Gasteiger partial charge in [0, 0.05) is 22.1 Å². The molecule has 0 aliphatic rings. The molecule has 0 aliphatic carbocycles. The molecule has 2 N–H and O–H groups in total. The maximum atomic E-state index is 11.8. The van der Waals surface area contributed by atoms with Crippen molar-refractivity contribution in [3.05, 3.63) is 57.7 Å². The summed E-state index contributed by atoms with van der Waals surface area (Å²) >= 11 is 2.21. The van der Waals surface area contributed by atoms with E-state index in [-0.39, 0.29) is 24.7 Å². The molecular weight excluding hydrogens is 433 g/mol. The number of hydrazone groups is 1. The Morgan fingerprint density at radius 1 is 1.04 bits per heavy atom. The number of nitrogens with one attached hydrogen (secondary N) is 2. The first-order chi connectivity index (χ1) is 12.1. The molecular formula is C18H18IN3O3. The maximum absolute atomic E-state index is 11.8. The van der Waals surface area contributed by atoms with Crippen LogP contribution in [0.15, 0.2) is 53.6 Å². The van der Waals surface area contributed by atoms with Crippen molar-refractivity contribution in [1.82, 2.24) is 5.43 Å². The molecule has 0 radical (unpaired) electrons. The third-order valence-electron chi connectivity index (χ3n) is 3.23. The summed E-state index contributed by atoms with van der Waals surface area (Å²) in [7, 11) is 1.58. The number of methoxy groups -OCH3 is 1. The first-order valence-corrected chi connectivity index (χ1v) is 8.66. The van der Waals surface area contributed by atoms with E-state index in [0.717, 1.165) is 9.13 Å². The zero-order valence-electron chi connectivity index (χ0n) is 13.7. The number of halogens is 1. The van der Waals surface area contributed by atoms with Crippen LogP contribution in [0.5, 0.6) is 5.75 Å². The highest BCUT2D eigenvalue weighted by molar-refractivity contribution is 14.1. The van der Waals surface area contributed by atoms with Crippen LogP contribution in [0.1, 0.15) is 18.4 Å². The van der Waals surface area contributed by atoms with Crippen molar-refractivity contribution < 1.29 is 14.3 Å². The molecule has 0 aliphatic heterocycles. The van der Waals surface area contributed by atoms with Gasteiger partial charge in [0.25, 0.3) is 0 Å². The Labute approximate surface area is 159 Å². The lowest BCUT2D eigenvalue weighted by Gasteiger charge is -2.06. The monoisotopic (exact) mass is 451 g/mol. The van der Waals surface area contributed by atoms with Gasteiger partial charge in [-0.05, 0) is 64.6 Å². The zero-order valence-corrected chi connectivity index (χ0v) is 15.8. The van der Waals surface area contributed by atoms with Crippen LogP contribution < -0.4 is 15.5 Å². The highest BCUT2D eigenvalue weighted by Crippen LogP contribution is 2.15. The molecule has 2 aromatic rings. The molecule has 0 spiro atoms. The van der Waals surface area contributed by atoms with Crippen LogP contribution in [0.4, 0.5) is 5.69 Å². The van der Waals surface area contributed by atoms with E-state index in [1.54, 1.807) is 37.6 Å². The molecule has 0 heterocycles. The number of nitrogens with zero attached hydrogens (tertiary/aromatic N) is 1. The van der Waals surface area contributed by atoms with Gasteiger partial charge >= 0.3 is 0 Å². The van der Waals surface area contributed by atoms with Crippen molar-refractivity contribution in [2.24, 2.45) is 5.10 Å². The van der Waals surface area contributed by atoms with Crippen LogP contribution in [-0.2, 0) is 9.59 Å². The van der Waals surface area contributed by atoms with E-state index < -0.39 is 0 Å². The quantitative estimate of drug-likeness (QED) is 0.386. The third kappa shape index (κ3) is 6.92. The van der Waals surface area contributed by atoms with Crippen molar-refractivity contribution in [2.75, 3.05) is 12.4 Å². The first kappa shape index (κ1) is 18.9. The highest BCUT2D eigenvalue weighted by Gasteiger charge is 2.06. The van der Waals surface area contributed by atoms with Gasteiger partial charge in [0.2, 0.25) is 11.8 Å². The molecule has 2 aromatic carbocycles. The normalized spacial score (nSPS) is 10.5. The van der Waals surface area contributed by atoms with E-state index in [9.17, 15) is 9.59 Å². The van der Waals surface area contributed by atoms with Gasteiger partial charge in [-0.3, -0.25) is 9.59 Å². The number of hydrogen-bond donors (Lipinski definition) is 2. The van der Waals surface area contributed by atoms with Crippen LogP contribution in [0.25, 0.3) is 0 Å². The largest absolute Gasteiger partial charge is 0.497 e. The molecule has 0 aromatic heterocycles. The van der Waals surface area contributed by atoms with Gasteiger partial charge < -0.3 is 10.1 Å². The molecule has 0 saturated carbocycles. The fraction of sp³-hybridized carbons (Fsp3) is 0.167. The molecule has 6 nitrogen and oxygen atoms in total. The summed E-state index contributed by atoms with van der Waals surface area (Å²) in [6, 6.07) is 14.7. The predicted molar refractivity (Wildman–Crippen MR) is 106 cm³/mol. The molecule has 2 rings (SSSR count). The van der Waals surface area contributed by atoms with E-state index >= 15 is 0 Å². The van der Waals surface area contributed by atoms with Crippen molar-refractivity contribution in [2.45, 2.75) is 12.8 Å². The smallest absolute Gasteiger partial charge is 0.240 e. The van der Waals surface area contributed by atoms with Gasteiger partial charge in [-0.25, -0.2) is 5.43 Å². The van der Waals surface area contributed by atoms with Crippen molar-refractivity contribution >= 4 is 46.3 Å². The summed E-state index contributed by atoms with van der Waals surface area (Å²) in [5.41, 5.74) is 3.95. The lowest BCUT2D eigenvalue weighted by atomic mass is 10.2. The van der Waals surface area contributed by atoms with Crippen LogP contribution in [0, 0.1) is 3.57 Å². The molecule has 25 heavy (non-hydrogen) atoms. The van der Waals surface area contributed by atoms with Gasteiger partial charge in [0.05, 0.1) is 13.3 Å². The van der Waals surface area contributed by atoms with Gasteiger partial charge in [-0.2, -0.15) is 5.10 Å². The molecule has 0 fully saturated rings. The van der Waals surface area contributed by atoms with Crippen molar-refractivity contribution in [3.63, 3.8) is 0 Å². The Morgan fingerprint density at radius 3 is 2.32 bits per heavy atom. The van der Waals surface area contributed by atoms with Gasteiger partial charge in [0.1, 0.15) is 5.75 Å². The topological polar surface area (TPSA) is 79.8 Å². The average molecular weight is 451 g/mol.